The van der Waals surface area contributed by atoms with E-state index >= 15 is 0 Å². The molecule has 5 rings (SSSR count). The maximum atomic E-state index is 13.5. The first kappa shape index (κ1) is 25.8. The molecule has 0 aliphatic carbocycles. The number of nitrogens with zero attached hydrogens (tertiary/aromatic N) is 2. The van der Waals surface area contributed by atoms with Crippen molar-refractivity contribution in [3.05, 3.63) is 82.3 Å². The summed E-state index contributed by atoms with van der Waals surface area (Å²) in [6.45, 7) is 2.01. The molecular weight excluding hydrogens is 537 g/mol. The molecule has 2 heterocycles. The minimum absolute atomic E-state index is 0.153. The van der Waals surface area contributed by atoms with E-state index in [2.05, 4.69) is 5.32 Å². The largest absolute Gasteiger partial charge is 0.486 e. The summed E-state index contributed by atoms with van der Waals surface area (Å²) in [5.41, 5.74) is 1.29. The average Bonchev–Trinajstić information content (AvgIpc) is 2.89. The van der Waals surface area contributed by atoms with E-state index in [0.717, 1.165) is 5.56 Å². The molecule has 1 fully saturated rings. The van der Waals surface area contributed by atoms with Gasteiger partial charge in [-0.05, 0) is 35.9 Å². The lowest BCUT2D eigenvalue weighted by molar-refractivity contribution is -0.122. The zero-order valence-electron chi connectivity index (χ0n) is 19.8. The zero-order chi connectivity index (χ0) is 26.0. The summed E-state index contributed by atoms with van der Waals surface area (Å²) >= 11 is 12.2. The predicted molar refractivity (Wildman–Crippen MR) is 142 cm³/mol. The molecule has 0 aromatic heterocycles. The third-order valence-electron chi connectivity index (χ3n) is 6.28. The highest BCUT2D eigenvalue weighted by atomic mass is 35.5. The van der Waals surface area contributed by atoms with Crippen LogP contribution in [0.5, 0.6) is 11.5 Å². The van der Waals surface area contributed by atoms with Gasteiger partial charge in [-0.3, -0.25) is 9.69 Å². The van der Waals surface area contributed by atoms with Crippen LogP contribution in [0.3, 0.4) is 0 Å². The Morgan fingerprint density at radius 3 is 2.16 bits per heavy atom. The molecule has 3 aromatic rings. The number of anilines is 1. The number of nitrogens with one attached hydrogen (secondary N) is 1. The lowest BCUT2D eigenvalue weighted by Crippen LogP contribution is -2.51. The Kier molecular flexibility index (Phi) is 7.60. The van der Waals surface area contributed by atoms with Gasteiger partial charge in [0, 0.05) is 48.0 Å². The third-order valence-corrected chi connectivity index (χ3v) is 8.61. The second-order valence-electron chi connectivity index (χ2n) is 8.71. The van der Waals surface area contributed by atoms with Gasteiger partial charge in [0.2, 0.25) is 15.9 Å². The van der Waals surface area contributed by atoms with Gasteiger partial charge in [-0.2, -0.15) is 4.31 Å². The molecule has 194 valence electrons. The normalized spacial score (nSPS) is 17.2. The summed E-state index contributed by atoms with van der Waals surface area (Å²) in [4.78, 5) is 15.6. The van der Waals surface area contributed by atoms with Crippen molar-refractivity contribution in [2.75, 3.05) is 44.7 Å². The lowest BCUT2D eigenvalue weighted by atomic mass is 10.0. The van der Waals surface area contributed by atoms with Crippen LogP contribution in [0.15, 0.2) is 71.6 Å². The quantitative estimate of drug-likeness (QED) is 0.478. The fourth-order valence-corrected chi connectivity index (χ4v) is 6.50. The van der Waals surface area contributed by atoms with Gasteiger partial charge in [0.1, 0.15) is 19.3 Å². The van der Waals surface area contributed by atoms with Crippen molar-refractivity contribution < 1.29 is 22.7 Å². The molecule has 37 heavy (non-hydrogen) atoms. The highest BCUT2D eigenvalue weighted by Crippen LogP contribution is 2.34. The number of piperazine rings is 1. The number of hydrogen-bond donors (Lipinski definition) is 1. The van der Waals surface area contributed by atoms with Crippen LogP contribution in [0, 0.1) is 0 Å². The molecular formula is C26H25Cl2N3O5S. The van der Waals surface area contributed by atoms with Crippen LogP contribution in [0.2, 0.25) is 10.0 Å². The van der Waals surface area contributed by atoms with Crippen molar-refractivity contribution in [3.8, 4) is 11.5 Å². The van der Waals surface area contributed by atoms with E-state index in [1.54, 1.807) is 24.3 Å². The zero-order valence-corrected chi connectivity index (χ0v) is 22.1. The standard InChI is InChI=1S/C26H25Cl2N3O5S/c27-19-14-20(28)16-21(15-19)29-26(32)25(18-4-2-1-3-5-18)30-8-10-31(11-9-30)37(33,34)22-6-7-23-24(17-22)36-13-12-35-23/h1-7,14-17,25H,8-13H2,(H,29,32). The molecule has 0 saturated carbocycles. The molecule has 1 amide bonds. The number of fused-ring (bicyclic) bond motifs is 1. The van der Waals surface area contributed by atoms with Gasteiger partial charge in [-0.25, -0.2) is 8.42 Å². The second kappa shape index (κ2) is 10.9. The fourth-order valence-electron chi connectivity index (χ4n) is 4.54. The summed E-state index contributed by atoms with van der Waals surface area (Å²) in [5, 5.41) is 3.74. The third kappa shape index (κ3) is 5.71. The number of sulfonamides is 1. The molecule has 1 unspecified atom stereocenters. The minimum atomic E-state index is -3.75. The Balaban J connectivity index is 1.33. The Labute approximate surface area is 225 Å². The van der Waals surface area contributed by atoms with Gasteiger partial charge < -0.3 is 14.8 Å². The summed E-state index contributed by atoms with van der Waals surface area (Å²) in [6, 6.07) is 18.3. The Morgan fingerprint density at radius 1 is 0.838 bits per heavy atom. The molecule has 1 atom stereocenters. The number of carbonyl (C=O) groups excluding carboxylic acids is 1. The number of halogens is 2. The van der Waals surface area contributed by atoms with Crippen LogP contribution >= 0.6 is 23.2 Å². The number of ether oxygens (including phenoxy) is 2. The van der Waals surface area contributed by atoms with Crippen molar-refractivity contribution in [2.45, 2.75) is 10.9 Å². The van der Waals surface area contributed by atoms with Gasteiger partial charge in [-0.1, -0.05) is 53.5 Å². The number of hydrogen-bond acceptors (Lipinski definition) is 6. The van der Waals surface area contributed by atoms with E-state index in [0.29, 0.717) is 53.5 Å². The maximum absolute atomic E-state index is 13.5. The predicted octanol–water partition coefficient (Wildman–Crippen LogP) is 4.45. The molecule has 1 N–H and O–H groups in total. The molecule has 0 radical (unpaired) electrons. The molecule has 3 aromatic carbocycles. The van der Waals surface area contributed by atoms with Gasteiger partial charge in [0.05, 0.1) is 4.90 Å². The molecule has 0 spiro atoms. The van der Waals surface area contributed by atoms with Crippen molar-refractivity contribution in [2.24, 2.45) is 0 Å². The highest BCUT2D eigenvalue weighted by Gasteiger charge is 2.35. The molecule has 8 nitrogen and oxygen atoms in total. The summed E-state index contributed by atoms with van der Waals surface area (Å²) < 4.78 is 39.2. The molecule has 0 bridgehead atoms. The first-order valence-corrected chi connectivity index (χ1v) is 14.0. The number of benzene rings is 3. The van der Waals surface area contributed by atoms with Crippen LogP contribution in [-0.4, -0.2) is 62.9 Å². The van der Waals surface area contributed by atoms with E-state index in [1.807, 2.05) is 35.2 Å². The monoisotopic (exact) mass is 561 g/mol. The SMILES string of the molecule is O=C(Nc1cc(Cl)cc(Cl)c1)C(c1ccccc1)N1CCN(S(=O)(=O)c2ccc3c(c2)OCCO3)CC1. The average molecular weight is 562 g/mol. The summed E-state index contributed by atoms with van der Waals surface area (Å²) in [7, 11) is -3.75. The first-order valence-electron chi connectivity index (χ1n) is 11.8. The Bertz CT molecular complexity index is 1380. The van der Waals surface area contributed by atoms with Crippen molar-refractivity contribution >= 4 is 44.8 Å². The summed E-state index contributed by atoms with van der Waals surface area (Å²) in [5.74, 6) is 0.702. The van der Waals surface area contributed by atoms with Crippen LogP contribution in [0.1, 0.15) is 11.6 Å². The molecule has 2 aliphatic rings. The number of amides is 1. The molecule has 2 aliphatic heterocycles. The van der Waals surface area contributed by atoms with Gasteiger partial charge in [0.15, 0.2) is 11.5 Å². The van der Waals surface area contributed by atoms with E-state index in [-0.39, 0.29) is 23.9 Å². The van der Waals surface area contributed by atoms with Crippen molar-refractivity contribution in [1.82, 2.24) is 9.21 Å². The smallest absolute Gasteiger partial charge is 0.246 e. The molecule has 11 heteroatoms. The minimum Gasteiger partial charge on any atom is -0.486 e. The van der Waals surface area contributed by atoms with Crippen LogP contribution in [0.4, 0.5) is 5.69 Å². The second-order valence-corrected chi connectivity index (χ2v) is 11.5. The van der Waals surface area contributed by atoms with Crippen molar-refractivity contribution in [1.29, 1.82) is 0 Å². The Hall–Kier alpha value is -2.82. The Morgan fingerprint density at radius 2 is 1.49 bits per heavy atom. The number of carbonyl (C=O) groups is 1. The topological polar surface area (TPSA) is 88.2 Å². The van der Waals surface area contributed by atoms with Crippen LogP contribution < -0.4 is 14.8 Å². The molecule has 1 saturated heterocycles. The van der Waals surface area contributed by atoms with Crippen molar-refractivity contribution in [3.63, 3.8) is 0 Å². The van der Waals surface area contributed by atoms with Gasteiger partial charge in [0.25, 0.3) is 0 Å². The fraction of sp³-hybridized carbons (Fsp3) is 0.269. The van der Waals surface area contributed by atoms with E-state index in [1.165, 1.54) is 16.4 Å². The van der Waals surface area contributed by atoms with E-state index in [9.17, 15) is 13.2 Å². The first-order chi connectivity index (χ1) is 17.8. The van der Waals surface area contributed by atoms with Crippen LogP contribution in [-0.2, 0) is 14.8 Å². The maximum Gasteiger partial charge on any atom is 0.246 e. The van der Waals surface area contributed by atoms with Crippen LogP contribution in [0.25, 0.3) is 0 Å². The van der Waals surface area contributed by atoms with E-state index in [4.69, 9.17) is 32.7 Å². The van der Waals surface area contributed by atoms with E-state index < -0.39 is 16.1 Å². The summed E-state index contributed by atoms with van der Waals surface area (Å²) in [6.07, 6.45) is 0. The highest BCUT2D eigenvalue weighted by molar-refractivity contribution is 7.89. The lowest BCUT2D eigenvalue weighted by Gasteiger charge is -2.38. The van der Waals surface area contributed by atoms with Gasteiger partial charge >= 0.3 is 0 Å². The number of rotatable bonds is 6. The van der Waals surface area contributed by atoms with Gasteiger partial charge in [-0.15, -0.1) is 0 Å².